The van der Waals surface area contributed by atoms with Gasteiger partial charge in [0.25, 0.3) is 0 Å². The van der Waals surface area contributed by atoms with Crippen LogP contribution in [0.15, 0.2) is 0 Å². The van der Waals surface area contributed by atoms with E-state index in [-0.39, 0.29) is 6.10 Å². The van der Waals surface area contributed by atoms with Crippen molar-refractivity contribution >= 4 is 0 Å². The highest BCUT2D eigenvalue weighted by molar-refractivity contribution is 4.54. The van der Waals surface area contributed by atoms with Crippen LogP contribution < -0.4 is 5.32 Å². The number of halogens is 3. The minimum absolute atomic E-state index is 0.324. The summed E-state index contributed by atoms with van der Waals surface area (Å²) >= 11 is 0. The maximum atomic E-state index is 11.7. The molecule has 1 unspecified atom stereocenters. The lowest BCUT2D eigenvalue weighted by Crippen LogP contribution is -2.22. The average Bonchev–Trinajstić information content (AvgIpc) is 2.00. The van der Waals surface area contributed by atoms with Crippen molar-refractivity contribution in [2.24, 2.45) is 0 Å². The first-order valence-corrected chi connectivity index (χ1v) is 4.28. The molecule has 80 valence electrons. The highest BCUT2D eigenvalue weighted by Gasteiger charge is 2.28. The Morgan fingerprint density at radius 1 is 1.38 bits per heavy atom. The van der Waals surface area contributed by atoms with Crippen LogP contribution in [0.3, 0.4) is 0 Å². The first-order chi connectivity index (χ1) is 5.95. The molecule has 0 saturated carbocycles. The van der Waals surface area contributed by atoms with Gasteiger partial charge in [-0.2, -0.15) is 13.2 Å². The van der Waals surface area contributed by atoms with E-state index in [1.54, 1.807) is 14.0 Å². The molecule has 0 amide bonds. The van der Waals surface area contributed by atoms with Gasteiger partial charge in [-0.25, -0.2) is 0 Å². The lowest BCUT2D eigenvalue weighted by atomic mass is 10.2. The molecule has 0 aliphatic heterocycles. The smallest absolute Gasteiger partial charge is 0.369 e. The molecule has 0 aromatic rings. The van der Waals surface area contributed by atoms with Gasteiger partial charge in [0.2, 0.25) is 0 Å². The van der Waals surface area contributed by atoms with Gasteiger partial charge in [0.1, 0.15) is 6.61 Å². The van der Waals surface area contributed by atoms with Gasteiger partial charge < -0.3 is 10.1 Å². The quantitative estimate of drug-likeness (QED) is 0.660. The largest absolute Gasteiger partial charge is 0.411 e. The molecule has 0 aromatic heterocycles. The molecule has 1 N–H and O–H groups in total. The number of ether oxygens (including phenoxy) is 1. The molecule has 0 spiro atoms. The number of hydrogen-bond donors (Lipinski definition) is 1. The Morgan fingerprint density at radius 3 is 2.46 bits per heavy atom. The zero-order chi connectivity index (χ0) is 10.3. The summed E-state index contributed by atoms with van der Waals surface area (Å²) in [7, 11) is 1.81. The van der Waals surface area contributed by atoms with Crippen molar-refractivity contribution in [2.75, 3.05) is 20.2 Å². The van der Waals surface area contributed by atoms with Crippen LogP contribution in [0, 0.1) is 0 Å². The van der Waals surface area contributed by atoms with Crippen molar-refractivity contribution in [1.82, 2.24) is 5.32 Å². The van der Waals surface area contributed by atoms with Gasteiger partial charge in [-0.3, -0.25) is 0 Å². The van der Waals surface area contributed by atoms with Gasteiger partial charge in [0.05, 0.1) is 6.10 Å². The summed E-state index contributed by atoms with van der Waals surface area (Å²) in [6.45, 7) is 1.31. The van der Waals surface area contributed by atoms with Gasteiger partial charge in [-0.05, 0) is 33.4 Å². The summed E-state index contributed by atoms with van der Waals surface area (Å²) in [5.74, 6) is 0. The molecule has 0 rings (SSSR count). The Hall–Kier alpha value is -0.290. The third-order valence-electron chi connectivity index (χ3n) is 1.57. The van der Waals surface area contributed by atoms with E-state index >= 15 is 0 Å². The van der Waals surface area contributed by atoms with E-state index in [0.717, 1.165) is 13.0 Å². The fourth-order valence-electron chi connectivity index (χ4n) is 0.886. The highest BCUT2D eigenvalue weighted by Crippen LogP contribution is 2.16. The summed E-state index contributed by atoms with van der Waals surface area (Å²) in [5, 5.41) is 2.92. The molecular weight excluding hydrogens is 183 g/mol. The number of hydrogen-bond acceptors (Lipinski definition) is 2. The van der Waals surface area contributed by atoms with E-state index in [0.29, 0.717) is 6.42 Å². The second kappa shape index (κ2) is 6.21. The SMILES string of the molecule is CNCCCC(C)OCC(F)(F)F. The van der Waals surface area contributed by atoms with Gasteiger partial charge >= 0.3 is 6.18 Å². The third-order valence-corrected chi connectivity index (χ3v) is 1.57. The van der Waals surface area contributed by atoms with Crippen LogP contribution in [-0.4, -0.2) is 32.5 Å². The predicted molar refractivity (Wildman–Crippen MR) is 44.6 cm³/mol. The van der Waals surface area contributed by atoms with Crippen molar-refractivity contribution in [2.45, 2.75) is 32.0 Å². The van der Waals surface area contributed by atoms with E-state index < -0.39 is 12.8 Å². The van der Waals surface area contributed by atoms with Crippen LogP contribution in [0.2, 0.25) is 0 Å². The fraction of sp³-hybridized carbons (Fsp3) is 1.00. The lowest BCUT2D eigenvalue weighted by molar-refractivity contribution is -0.184. The standard InChI is InChI=1S/C8H16F3NO/c1-7(4-3-5-12-2)13-6-8(9,10)11/h7,12H,3-6H2,1-2H3. The molecule has 13 heavy (non-hydrogen) atoms. The summed E-state index contributed by atoms with van der Waals surface area (Å²) in [6.07, 6.45) is -3.06. The molecule has 0 bridgehead atoms. The minimum atomic E-state index is -4.21. The van der Waals surface area contributed by atoms with Crippen molar-refractivity contribution in [3.8, 4) is 0 Å². The summed E-state index contributed by atoms with van der Waals surface area (Å²) in [6, 6.07) is 0. The van der Waals surface area contributed by atoms with Crippen LogP contribution in [0.5, 0.6) is 0 Å². The average molecular weight is 199 g/mol. The van der Waals surface area contributed by atoms with Crippen LogP contribution >= 0.6 is 0 Å². The Kier molecular flexibility index (Phi) is 6.07. The molecule has 0 saturated heterocycles. The van der Waals surface area contributed by atoms with E-state index in [1.807, 2.05) is 0 Å². The number of rotatable bonds is 6. The van der Waals surface area contributed by atoms with Crippen molar-refractivity contribution < 1.29 is 17.9 Å². The first kappa shape index (κ1) is 12.7. The van der Waals surface area contributed by atoms with E-state index in [4.69, 9.17) is 0 Å². The Balaban J connectivity index is 3.35. The molecule has 2 nitrogen and oxygen atoms in total. The first-order valence-electron chi connectivity index (χ1n) is 4.28. The van der Waals surface area contributed by atoms with E-state index in [9.17, 15) is 13.2 Å². The molecule has 0 heterocycles. The van der Waals surface area contributed by atoms with Crippen LogP contribution in [-0.2, 0) is 4.74 Å². The molecular formula is C8H16F3NO. The molecule has 0 fully saturated rings. The summed E-state index contributed by atoms with van der Waals surface area (Å²) in [5.41, 5.74) is 0. The topological polar surface area (TPSA) is 21.3 Å². The monoisotopic (exact) mass is 199 g/mol. The maximum absolute atomic E-state index is 11.7. The Bertz CT molecular complexity index is 127. The third kappa shape index (κ3) is 9.63. The highest BCUT2D eigenvalue weighted by atomic mass is 19.4. The van der Waals surface area contributed by atoms with Gasteiger partial charge in [-0.15, -0.1) is 0 Å². The zero-order valence-corrected chi connectivity index (χ0v) is 7.95. The number of alkyl halides is 3. The molecule has 0 aliphatic rings. The lowest BCUT2D eigenvalue weighted by Gasteiger charge is -2.14. The Labute approximate surface area is 76.5 Å². The summed E-state index contributed by atoms with van der Waals surface area (Å²) in [4.78, 5) is 0. The van der Waals surface area contributed by atoms with Crippen LogP contribution in [0.25, 0.3) is 0 Å². The van der Waals surface area contributed by atoms with E-state index in [2.05, 4.69) is 10.1 Å². The molecule has 5 heteroatoms. The van der Waals surface area contributed by atoms with Crippen LogP contribution in [0.4, 0.5) is 13.2 Å². The zero-order valence-electron chi connectivity index (χ0n) is 7.95. The normalized spacial score (nSPS) is 14.5. The van der Waals surface area contributed by atoms with Crippen molar-refractivity contribution in [3.63, 3.8) is 0 Å². The predicted octanol–water partition coefficient (Wildman–Crippen LogP) is 1.95. The van der Waals surface area contributed by atoms with Gasteiger partial charge in [0, 0.05) is 0 Å². The summed E-state index contributed by atoms with van der Waals surface area (Å²) < 4.78 is 39.6. The number of nitrogens with one attached hydrogen (secondary N) is 1. The van der Waals surface area contributed by atoms with Crippen molar-refractivity contribution in [1.29, 1.82) is 0 Å². The molecule has 1 atom stereocenters. The second-order valence-corrected chi connectivity index (χ2v) is 2.98. The van der Waals surface area contributed by atoms with Crippen molar-refractivity contribution in [3.05, 3.63) is 0 Å². The minimum Gasteiger partial charge on any atom is -0.369 e. The van der Waals surface area contributed by atoms with Gasteiger partial charge in [-0.1, -0.05) is 0 Å². The van der Waals surface area contributed by atoms with Crippen LogP contribution in [0.1, 0.15) is 19.8 Å². The second-order valence-electron chi connectivity index (χ2n) is 2.98. The van der Waals surface area contributed by atoms with E-state index in [1.165, 1.54) is 0 Å². The Morgan fingerprint density at radius 2 is 2.00 bits per heavy atom. The maximum Gasteiger partial charge on any atom is 0.411 e. The molecule has 0 aromatic carbocycles. The molecule has 0 aliphatic carbocycles. The fourth-order valence-corrected chi connectivity index (χ4v) is 0.886. The van der Waals surface area contributed by atoms with Gasteiger partial charge in [0.15, 0.2) is 0 Å². The molecule has 0 radical (unpaired) electrons.